The Morgan fingerprint density at radius 3 is 2.43 bits per heavy atom. The van der Waals surface area contributed by atoms with Crippen LogP contribution in [-0.2, 0) is 10.2 Å². The van der Waals surface area contributed by atoms with Crippen LogP contribution < -0.4 is 10.5 Å². The molecular weight excluding hydrogens is 307 g/mol. The number of rotatable bonds is 4. The molecule has 3 N–H and O–H groups in total. The Morgan fingerprint density at radius 1 is 1.24 bits per heavy atom. The molecule has 0 radical (unpaired) electrons. The Bertz CT molecular complexity index is 601. The van der Waals surface area contributed by atoms with Crippen molar-refractivity contribution in [3.8, 4) is 0 Å². The second-order valence-corrected chi connectivity index (χ2v) is 6.47. The van der Waals surface area contributed by atoms with E-state index in [-0.39, 0.29) is 13.1 Å². The Balaban J connectivity index is 2.29. The molecule has 1 aliphatic heterocycles. The third-order valence-electron chi connectivity index (χ3n) is 3.39. The monoisotopic (exact) mass is 323 g/mol. The number of halogens is 3. The smallest absolute Gasteiger partial charge is 0.302 e. The number of anilines is 1. The van der Waals surface area contributed by atoms with Gasteiger partial charge in [-0.2, -0.15) is 12.7 Å². The van der Waals surface area contributed by atoms with Gasteiger partial charge in [0.05, 0.1) is 0 Å². The summed E-state index contributed by atoms with van der Waals surface area (Å²) < 4.78 is 67.3. The standard InChI is InChI=1S/C12H16F3N3O2S/c13-8-5-10(14)12(11(15)6-8)17-21(19,20)18-4-2-1-3-9(18)7-16/h5-6,9,17H,1-4,7,16H2. The third-order valence-corrected chi connectivity index (χ3v) is 4.95. The first-order valence-corrected chi connectivity index (χ1v) is 7.93. The lowest BCUT2D eigenvalue weighted by Crippen LogP contribution is -2.49. The first kappa shape index (κ1) is 16.1. The van der Waals surface area contributed by atoms with Gasteiger partial charge in [-0.3, -0.25) is 4.72 Å². The highest BCUT2D eigenvalue weighted by Gasteiger charge is 2.32. The minimum absolute atomic E-state index is 0.120. The van der Waals surface area contributed by atoms with Gasteiger partial charge in [0.15, 0.2) is 11.6 Å². The number of hydrogen-bond acceptors (Lipinski definition) is 3. The summed E-state index contributed by atoms with van der Waals surface area (Å²) in [4.78, 5) is 0. The molecule has 1 unspecified atom stereocenters. The minimum atomic E-state index is -4.15. The molecule has 0 spiro atoms. The van der Waals surface area contributed by atoms with E-state index in [2.05, 4.69) is 0 Å². The summed E-state index contributed by atoms with van der Waals surface area (Å²) in [6.07, 6.45) is 2.07. The average Bonchev–Trinajstić information content (AvgIpc) is 2.43. The van der Waals surface area contributed by atoms with Crippen LogP contribution in [0.5, 0.6) is 0 Å². The van der Waals surface area contributed by atoms with Crippen molar-refractivity contribution < 1.29 is 21.6 Å². The highest BCUT2D eigenvalue weighted by Crippen LogP contribution is 2.25. The molecule has 5 nitrogen and oxygen atoms in total. The van der Waals surface area contributed by atoms with Gasteiger partial charge in [-0.15, -0.1) is 0 Å². The van der Waals surface area contributed by atoms with E-state index >= 15 is 0 Å². The summed E-state index contributed by atoms with van der Waals surface area (Å²) in [5.41, 5.74) is 4.64. The summed E-state index contributed by atoms with van der Waals surface area (Å²) in [5.74, 6) is -3.74. The van der Waals surface area contributed by atoms with E-state index in [1.54, 1.807) is 0 Å². The Hall–Kier alpha value is -1.32. The Kier molecular flexibility index (Phi) is 4.74. The van der Waals surface area contributed by atoms with Crippen LogP contribution in [0.15, 0.2) is 12.1 Å². The lowest BCUT2D eigenvalue weighted by molar-refractivity contribution is 0.259. The predicted octanol–water partition coefficient (Wildman–Crippen LogP) is 1.57. The van der Waals surface area contributed by atoms with Gasteiger partial charge in [0.25, 0.3) is 0 Å². The van der Waals surface area contributed by atoms with Crippen LogP contribution in [0.4, 0.5) is 18.9 Å². The van der Waals surface area contributed by atoms with Crippen LogP contribution in [0.2, 0.25) is 0 Å². The van der Waals surface area contributed by atoms with Gasteiger partial charge in [-0.25, -0.2) is 13.2 Å². The zero-order chi connectivity index (χ0) is 15.6. The SMILES string of the molecule is NCC1CCCCN1S(=O)(=O)Nc1c(F)cc(F)cc1F. The van der Waals surface area contributed by atoms with Gasteiger partial charge >= 0.3 is 10.2 Å². The fourth-order valence-corrected chi connectivity index (χ4v) is 3.88. The van der Waals surface area contributed by atoms with E-state index in [4.69, 9.17) is 5.73 Å². The number of piperidine rings is 1. The van der Waals surface area contributed by atoms with Gasteiger partial charge in [0.2, 0.25) is 0 Å². The zero-order valence-electron chi connectivity index (χ0n) is 11.2. The predicted molar refractivity (Wildman–Crippen MR) is 72.3 cm³/mol. The second kappa shape index (κ2) is 6.20. The lowest BCUT2D eigenvalue weighted by atomic mass is 10.1. The van der Waals surface area contributed by atoms with Crippen molar-refractivity contribution in [1.82, 2.24) is 4.31 Å². The molecule has 1 aliphatic rings. The molecule has 2 rings (SSSR count). The van der Waals surface area contributed by atoms with Crippen molar-refractivity contribution in [2.75, 3.05) is 17.8 Å². The number of nitrogens with one attached hydrogen (secondary N) is 1. The topological polar surface area (TPSA) is 75.4 Å². The molecule has 1 atom stereocenters. The van der Waals surface area contributed by atoms with Crippen LogP contribution in [0, 0.1) is 17.5 Å². The molecule has 1 aromatic carbocycles. The van der Waals surface area contributed by atoms with Crippen LogP contribution in [0.3, 0.4) is 0 Å². The van der Waals surface area contributed by atoms with E-state index in [1.165, 1.54) is 0 Å². The molecule has 1 saturated heterocycles. The molecule has 0 aliphatic carbocycles. The van der Waals surface area contributed by atoms with E-state index in [0.29, 0.717) is 25.0 Å². The number of nitrogens with zero attached hydrogens (tertiary/aromatic N) is 1. The van der Waals surface area contributed by atoms with Crippen molar-refractivity contribution in [2.45, 2.75) is 25.3 Å². The lowest BCUT2D eigenvalue weighted by Gasteiger charge is -2.33. The first-order valence-electron chi connectivity index (χ1n) is 6.49. The minimum Gasteiger partial charge on any atom is -0.329 e. The maximum atomic E-state index is 13.5. The molecule has 21 heavy (non-hydrogen) atoms. The molecule has 1 heterocycles. The van der Waals surface area contributed by atoms with Crippen LogP contribution in [0.1, 0.15) is 19.3 Å². The van der Waals surface area contributed by atoms with Gasteiger partial charge in [-0.05, 0) is 12.8 Å². The molecule has 0 saturated carbocycles. The molecule has 118 valence electrons. The van der Waals surface area contributed by atoms with Crippen LogP contribution in [0.25, 0.3) is 0 Å². The fraction of sp³-hybridized carbons (Fsp3) is 0.500. The third kappa shape index (κ3) is 3.47. The van der Waals surface area contributed by atoms with E-state index in [1.807, 2.05) is 4.72 Å². The number of hydrogen-bond donors (Lipinski definition) is 2. The van der Waals surface area contributed by atoms with E-state index in [9.17, 15) is 21.6 Å². The van der Waals surface area contributed by atoms with Gasteiger partial charge in [-0.1, -0.05) is 6.42 Å². The summed E-state index contributed by atoms with van der Waals surface area (Å²) in [5, 5.41) is 0. The molecular formula is C12H16F3N3O2S. The normalized spacial score (nSPS) is 20.5. The Morgan fingerprint density at radius 2 is 1.86 bits per heavy atom. The van der Waals surface area contributed by atoms with Crippen molar-refractivity contribution >= 4 is 15.9 Å². The fourth-order valence-electron chi connectivity index (χ4n) is 2.35. The zero-order valence-corrected chi connectivity index (χ0v) is 12.0. The van der Waals surface area contributed by atoms with E-state index < -0.39 is 39.4 Å². The summed E-state index contributed by atoms with van der Waals surface area (Å²) in [7, 11) is -4.15. The van der Waals surface area contributed by atoms with Crippen molar-refractivity contribution in [1.29, 1.82) is 0 Å². The molecule has 0 aromatic heterocycles. The maximum Gasteiger partial charge on any atom is 0.302 e. The van der Waals surface area contributed by atoms with Crippen LogP contribution >= 0.6 is 0 Å². The quantitative estimate of drug-likeness (QED) is 0.883. The molecule has 0 bridgehead atoms. The molecule has 0 amide bonds. The Labute approximate surface area is 121 Å². The average molecular weight is 323 g/mol. The van der Waals surface area contributed by atoms with E-state index in [0.717, 1.165) is 10.7 Å². The van der Waals surface area contributed by atoms with Gasteiger partial charge < -0.3 is 5.73 Å². The van der Waals surface area contributed by atoms with Crippen molar-refractivity contribution in [3.63, 3.8) is 0 Å². The van der Waals surface area contributed by atoms with Crippen molar-refractivity contribution in [3.05, 3.63) is 29.6 Å². The molecule has 1 fully saturated rings. The number of benzene rings is 1. The first-order chi connectivity index (χ1) is 9.85. The molecule has 1 aromatic rings. The summed E-state index contributed by atoms with van der Waals surface area (Å²) >= 11 is 0. The summed E-state index contributed by atoms with van der Waals surface area (Å²) in [6.45, 7) is 0.344. The molecule has 9 heteroatoms. The van der Waals surface area contributed by atoms with Crippen molar-refractivity contribution in [2.24, 2.45) is 5.73 Å². The largest absolute Gasteiger partial charge is 0.329 e. The second-order valence-electron chi connectivity index (χ2n) is 4.85. The number of nitrogens with two attached hydrogens (primary N) is 1. The highest BCUT2D eigenvalue weighted by atomic mass is 32.2. The van der Waals surface area contributed by atoms with Gasteiger partial charge in [0, 0.05) is 31.3 Å². The summed E-state index contributed by atoms with van der Waals surface area (Å²) in [6, 6.07) is 0.414. The highest BCUT2D eigenvalue weighted by molar-refractivity contribution is 7.90. The maximum absolute atomic E-state index is 13.5. The van der Waals surface area contributed by atoms with Crippen LogP contribution in [-0.4, -0.2) is 31.9 Å². The van der Waals surface area contributed by atoms with Gasteiger partial charge in [0.1, 0.15) is 11.5 Å².